The highest BCUT2D eigenvalue weighted by molar-refractivity contribution is 8.04. The summed E-state index contributed by atoms with van der Waals surface area (Å²) in [6.45, 7) is 12.8. The lowest BCUT2D eigenvalue weighted by Gasteiger charge is -2.60. The van der Waals surface area contributed by atoms with Gasteiger partial charge in [0.25, 0.3) is 0 Å². The van der Waals surface area contributed by atoms with Crippen LogP contribution in [0.3, 0.4) is 0 Å². The van der Waals surface area contributed by atoms with E-state index in [2.05, 4.69) is 34.3 Å². The Bertz CT molecular complexity index is 824. The summed E-state index contributed by atoms with van der Waals surface area (Å²) < 4.78 is 12.9. The Morgan fingerprint density at radius 3 is 2.64 bits per heavy atom. The van der Waals surface area contributed by atoms with Crippen LogP contribution in [-0.4, -0.2) is 24.0 Å². The summed E-state index contributed by atoms with van der Waals surface area (Å²) in [6.07, 6.45) is 5.40. The molecule has 0 heterocycles. The molecule has 0 spiro atoms. The van der Waals surface area contributed by atoms with Crippen LogP contribution in [0.1, 0.15) is 53.4 Å². The molecule has 3 fully saturated rings. The van der Waals surface area contributed by atoms with E-state index in [1.807, 2.05) is 0 Å². The summed E-state index contributed by atoms with van der Waals surface area (Å²) in [7, 11) is 0. The second-order valence-corrected chi connectivity index (χ2v) is 10.8. The number of hydrogen-bond donors (Lipinski definition) is 0. The molecule has 4 rings (SSSR count). The Morgan fingerprint density at radius 2 is 1.96 bits per heavy atom. The lowest BCUT2D eigenvalue weighted by atomic mass is 9.44. The summed E-state index contributed by atoms with van der Waals surface area (Å²) in [4.78, 5) is 26.2. The molecular weight excluding hydrogens is 371 g/mol. The van der Waals surface area contributed by atoms with Gasteiger partial charge in [-0.15, -0.1) is 11.8 Å². The maximum absolute atomic E-state index is 12.9. The van der Waals surface area contributed by atoms with Gasteiger partial charge in [0.2, 0.25) is 0 Å². The summed E-state index contributed by atoms with van der Waals surface area (Å²) in [5, 5.41) is 0. The fourth-order valence-corrected chi connectivity index (χ4v) is 7.98. The second kappa shape index (κ2) is 6.68. The first kappa shape index (κ1) is 20.1. The third kappa shape index (κ3) is 2.45. The van der Waals surface area contributed by atoms with Crippen LogP contribution in [0, 0.1) is 34.5 Å². The molecule has 0 N–H and O–H groups in total. The van der Waals surface area contributed by atoms with Gasteiger partial charge in [0, 0.05) is 23.0 Å². The van der Waals surface area contributed by atoms with Crippen molar-refractivity contribution >= 4 is 23.3 Å². The van der Waals surface area contributed by atoms with Crippen molar-refractivity contribution in [1.29, 1.82) is 0 Å². The molecule has 4 heteroatoms. The van der Waals surface area contributed by atoms with Gasteiger partial charge in [-0.2, -0.15) is 0 Å². The van der Waals surface area contributed by atoms with Gasteiger partial charge < -0.3 is 0 Å². The number of carbonyl (C=O) groups excluding carboxylic acids is 2. The van der Waals surface area contributed by atoms with Gasteiger partial charge in [0.05, 0.1) is 11.6 Å². The van der Waals surface area contributed by atoms with E-state index in [-0.39, 0.29) is 22.5 Å². The molecule has 0 aliphatic heterocycles. The summed E-state index contributed by atoms with van der Waals surface area (Å²) in [6, 6.07) is 0. The van der Waals surface area contributed by atoms with Gasteiger partial charge >= 0.3 is 0 Å². The number of thioether (sulfide) groups is 1. The van der Waals surface area contributed by atoms with E-state index in [4.69, 9.17) is 0 Å². The zero-order valence-electron chi connectivity index (χ0n) is 17.4. The van der Waals surface area contributed by atoms with E-state index in [9.17, 15) is 14.0 Å². The highest BCUT2D eigenvalue weighted by Gasteiger charge is 2.62. The first-order chi connectivity index (χ1) is 13.2. The first-order valence-electron chi connectivity index (χ1n) is 10.6. The lowest BCUT2D eigenvalue weighted by Crippen LogP contribution is -2.54. The summed E-state index contributed by atoms with van der Waals surface area (Å²) >= 11 is 1.35. The standard InChI is InChI=1S/C24H31FO2S/c1-13-12-18(26)22(28-11-10-25)21-15(3)14(2)20-16-6-7-19(27)23(16,4)9-8-17(20)24(13,21)5/h12,14,16-17,20H,3,6-11H2,1-2,4-5H3/t14-,16+,17+,20+,23+,24-/m1/s1. The number of halogens is 1. The second-order valence-electron chi connectivity index (χ2n) is 9.66. The SMILES string of the molecule is C=C1C2=C(SCCF)C(=O)C=C(C)[C@]2(C)[C@H]2CC[C@]3(C)C(=O)CC[C@H]3[C@@H]2[C@@H]1C. The summed E-state index contributed by atoms with van der Waals surface area (Å²) in [5.41, 5.74) is 2.77. The van der Waals surface area contributed by atoms with Crippen molar-refractivity contribution in [3.63, 3.8) is 0 Å². The van der Waals surface area contributed by atoms with Gasteiger partial charge in [-0.1, -0.05) is 32.9 Å². The molecule has 3 saturated carbocycles. The number of carbonyl (C=O) groups is 2. The molecule has 4 aliphatic rings. The summed E-state index contributed by atoms with van der Waals surface area (Å²) in [5.74, 6) is 2.20. The normalized spacial score (nSPS) is 42.9. The maximum Gasteiger partial charge on any atom is 0.192 e. The van der Waals surface area contributed by atoms with Crippen molar-refractivity contribution in [2.75, 3.05) is 12.4 Å². The van der Waals surface area contributed by atoms with Crippen molar-refractivity contribution in [3.8, 4) is 0 Å². The van der Waals surface area contributed by atoms with Crippen LogP contribution >= 0.6 is 11.8 Å². The molecule has 0 bridgehead atoms. The predicted octanol–water partition coefficient (Wildman–Crippen LogP) is 5.70. The molecule has 6 atom stereocenters. The molecule has 0 radical (unpaired) electrons. The van der Waals surface area contributed by atoms with Crippen LogP contribution in [0.25, 0.3) is 0 Å². The smallest absolute Gasteiger partial charge is 0.192 e. The minimum Gasteiger partial charge on any atom is -0.299 e. The molecule has 0 aromatic heterocycles. The average molecular weight is 403 g/mol. The van der Waals surface area contributed by atoms with Crippen LogP contribution in [0.5, 0.6) is 0 Å². The fraction of sp³-hybridized carbons (Fsp3) is 0.667. The first-order valence-corrected chi connectivity index (χ1v) is 11.6. The van der Waals surface area contributed by atoms with Crippen molar-refractivity contribution < 1.29 is 14.0 Å². The molecule has 0 unspecified atom stereocenters. The quantitative estimate of drug-likeness (QED) is 0.607. The molecule has 2 nitrogen and oxygen atoms in total. The van der Waals surface area contributed by atoms with Crippen molar-refractivity contribution in [3.05, 3.63) is 34.3 Å². The van der Waals surface area contributed by atoms with Crippen LogP contribution in [0.4, 0.5) is 4.39 Å². The number of fused-ring (bicyclic) bond motifs is 5. The topological polar surface area (TPSA) is 34.1 Å². The number of Topliss-reactive ketones (excluding diaryl/α,β-unsaturated/α-hetero) is 1. The van der Waals surface area contributed by atoms with Crippen LogP contribution in [0.2, 0.25) is 0 Å². The molecule has 0 amide bonds. The Balaban J connectivity index is 1.86. The largest absolute Gasteiger partial charge is 0.299 e. The zero-order chi connectivity index (χ0) is 20.4. The third-order valence-corrected chi connectivity index (χ3v) is 9.74. The van der Waals surface area contributed by atoms with Crippen LogP contribution < -0.4 is 0 Å². The van der Waals surface area contributed by atoms with E-state index in [0.717, 1.165) is 36.0 Å². The van der Waals surface area contributed by atoms with Gasteiger partial charge in [0.15, 0.2) is 5.78 Å². The maximum atomic E-state index is 12.9. The monoisotopic (exact) mass is 402 g/mol. The third-order valence-electron chi connectivity index (χ3n) is 8.69. The van der Waals surface area contributed by atoms with Crippen LogP contribution in [-0.2, 0) is 9.59 Å². The predicted molar refractivity (Wildman–Crippen MR) is 113 cm³/mol. The van der Waals surface area contributed by atoms with Crippen molar-refractivity contribution in [1.82, 2.24) is 0 Å². The molecule has 0 aromatic rings. The zero-order valence-corrected chi connectivity index (χ0v) is 18.3. The number of alkyl halides is 1. The molecule has 0 saturated heterocycles. The molecule has 28 heavy (non-hydrogen) atoms. The van der Waals surface area contributed by atoms with Gasteiger partial charge in [0.1, 0.15) is 5.78 Å². The minimum absolute atomic E-state index is 0.00640. The minimum atomic E-state index is -0.440. The lowest BCUT2D eigenvalue weighted by molar-refractivity contribution is -0.132. The number of rotatable bonds is 3. The number of hydrogen-bond acceptors (Lipinski definition) is 3. The van der Waals surface area contributed by atoms with E-state index < -0.39 is 6.67 Å². The Kier molecular flexibility index (Phi) is 4.80. The number of ketones is 2. The molecule has 152 valence electrons. The van der Waals surface area contributed by atoms with E-state index in [0.29, 0.717) is 40.6 Å². The Morgan fingerprint density at radius 1 is 1.25 bits per heavy atom. The van der Waals surface area contributed by atoms with Crippen molar-refractivity contribution in [2.45, 2.75) is 53.4 Å². The van der Waals surface area contributed by atoms with Crippen molar-refractivity contribution in [2.24, 2.45) is 34.5 Å². The van der Waals surface area contributed by atoms with Gasteiger partial charge in [-0.05, 0) is 67.1 Å². The van der Waals surface area contributed by atoms with Gasteiger partial charge in [-0.3, -0.25) is 14.0 Å². The average Bonchev–Trinajstić information content (AvgIpc) is 2.95. The van der Waals surface area contributed by atoms with Gasteiger partial charge in [-0.25, -0.2) is 0 Å². The highest BCUT2D eigenvalue weighted by Crippen LogP contribution is 2.68. The molecule has 0 aromatic carbocycles. The molecular formula is C24H31FO2S. The molecule has 4 aliphatic carbocycles. The fourth-order valence-electron chi connectivity index (χ4n) is 7.01. The van der Waals surface area contributed by atoms with Crippen LogP contribution in [0.15, 0.2) is 34.3 Å². The van der Waals surface area contributed by atoms with E-state index in [1.165, 1.54) is 11.8 Å². The van der Waals surface area contributed by atoms with E-state index in [1.54, 1.807) is 6.08 Å². The van der Waals surface area contributed by atoms with E-state index >= 15 is 0 Å². The highest BCUT2D eigenvalue weighted by atomic mass is 32.2. The Hall–Kier alpha value is -1.16. The Labute approximate surface area is 172 Å². The number of allylic oxidation sites excluding steroid dienone is 5.